The van der Waals surface area contributed by atoms with Crippen molar-refractivity contribution in [1.29, 1.82) is 0 Å². The number of anilines is 1. The molecule has 7 heteroatoms. The van der Waals surface area contributed by atoms with Gasteiger partial charge >= 0.3 is 0 Å². The Morgan fingerprint density at radius 2 is 2.03 bits per heavy atom. The minimum Gasteiger partial charge on any atom is -0.496 e. The van der Waals surface area contributed by atoms with Crippen molar-refractivity contribution in [3.8, 4) is 5.75 Å². The van der Waals surface area contributed by atoms with Gasteiger partial charge in [0.2, 0.25) is 5.91 Å². The Bertz CT molecular complexity index is 954. The number of rotatable bonds is 5. The van der Waals surface area contributed by atoms with Crippen molar-refractivity contribution in [2.24, 2.45) is 5.92 Å². The summed E-state index contributed by atoms with van der Waals surface area (Å²) in [5.74, 6) is 0.692. The van der Waals surface area contributed by atoms with Crippen LogP contribution in [0.2, 0.25) is 10.0 Å². The van der Waals surface area contributed by atoms with Gasteiger partial charge < -0.3 is 15.2 Å². The number of halogens is 2. The summed E-state index contributed by atoms with van der Waals surface area (Å²) in [6.07, 6.45) is 4.53. The molecule has 0 spiro atoms. The summed E-state index contributed by atoms with van der Waals surface area (Å²) < 4.78 is 5.65. The number of aliphatic hydroxyl groups is 1. The van der Waals surface area contributed by atoms with E-state index in [1.807, 2.05) is 24.3 Å². The second-order valence-corrected chi connectivity index (χ2v) is 9.38. The highest BCUT2D eigenvalue weighted by Gasteiger charge is 2.49. The van der Waals surface area contributed by atoms with Crippen molar-refractivity contribution >= 4 is 34.8 Å². The molecule has 166 valence electrons. The number of benzene rings is 2. The Kier molecular flexibility index (Phi) is 6.77. The molecule has 1 amide bonds. The highest BCUT2D eigenvalue weighted by atomic mass is 35.5. The smallest absolute Gasteiger partial charge is 0.238 e. The molecular formula is C24H28Cl2N2O3. The number of carbonyl (C=O) groups excluding carboxylic acids is 1. The number of para-hydroxylation sites is 1. The number of ether oxygens (including phenoxy) is 1. The standard InChI is InChI=1S/C24H28Cl2N2O3/c1-31-21-8-3-2-6-17(21)23-18-7-4-5-11-24(18,30)12-13-28(23)15-22(29)27-20-10-9-16(25)14-19(20)26/h2-3,6,8-10,14,18,23,30H,4-5,7,11-13,15H2,1H3,(H,27,29). The molecule has 1 heterocycles. The summed E-state index contributed by atoms with van der Waals surface area (Å²) in [5, 5.41) is 15.3. The Hall–Kier alpha value is -1.79. The van der Waals surface area contributed by atoms with Gasteiger partial charge in [-0.05, 0) is 43.5 Å². The van der Waals surface area contributed by atoms with Crippen molar-refractivity contribution in [2.75, 3.05) is 25.5 Å². The van der Waals surface area contributed by atoms with E-state index < -0.39 is 5.60 Å². The second kappa shape index (κ2) is 9.37. The topological polar surface area (TPSA) is 61.8 Å². The average Bonchev–Trinajstić information content (AvgIpc) is 2.75. The fraction of sp³-hybridized carbons (Fsp3) is 0.458. The molecule has 2 aromatic rings. The molecule has 4 rings (SSSR count). The van der Waals surface area contributed by atoms with Gasteiger partial charge in [-0.2, -0.15) is 0 Å². The number of hydrogen-bond donors (Lipinski definition) is 2. The fourth-order valence-electron chi connectivity index (χ4n) is 5.21. The van der Waals surface area contributed by atoms with Crippen LogP contribution in [0.25, 0.3) is 0 Å². The van der Waals surface area contributed by atoms with E-state index in [1.165, 1.54) is 0 Å². The van der Waals surface area contributed by atoms with Gasteiger partial charge in [0.1, 0.15) is 5.75 Å². The van der Waals surface area contributed by atoms with Gasteiger partial charge in [-0.1, -0.05) is 54.2 Å². The third kappa shape index (κ3) is 4.70. The second-order valence-electron chi connectivity index (χ2n) is 8.54. The van der Waals surface area contributed by atoms with Crippen LogP contribution >= 0.6 is 23.2 Å². The van der Waals surface area contributed by atoms with Gasteiger partial charge in [0.25, 0.3) is 0 Å². The van der Waals surface area contributed by atoms with Crippen LogP contribution in [0.3, 0.4) is 0 Å². The first-order chi connectivity index (χ1) is 14.9. The van der Waals surface area contributed by atoms with Crippen LogP contribution in [0, 0.1) is 5.92 Å². The molecular weight excluding hydrogens is 435 g/mol. The van der Waals surface area contributed by atoms with Crippen molar-refractivity contribution < 1.29 is 14.6 Å². The molecule has 2 aliphatic rings. The van der Waals surface area contributed by atoms with E-state index >= 15 is 0 Å². The number of hydrogen-bond acceptors (Lipinski definition) is 4. The van der Waals surface area contributed by atoms with Crippen molar-refractivity contribution in [2.45, 2.75) is 43.7 Å². The van der Waals surface area contributed by atoms with Crippen LogP contribution in [0.1, 0.15) is 43.7 Å². The zero-order valence-corrected chi connectivity index (χ0v) is 19.1. The Morgan fingerprint density at radius 3 is 2.81 bits per heavy atom. The molecule has 3 unspecified atom stereocenters. The largest absolute Gasteiger partial charge is 0.496 e. The molecule has 0 bridgehead atoms. The van der Waals surface area contributed by atoms with E-state index in [0.29, 0.717) is 28.7 Å². The van der Waals surface area contributed by atoms with E-state index in [2.05, 4.69) is 10.2 Å². The monoisotopic (exact) mass is 462 g/mol. The van der Waals surface area contributed by atoms with Gasteiger partial charge in [-0.15, -0.1) is 0 Å². The first-order valence-corrected chi connectivity index (χ1v) is 11.5. The molecule has 2 aromatic carbocycles. The maximum atomic E-state index is 13.0. The molecule has 0 radical (unpaired) electrons. The van der Waals surface area contributed by atoms with Crippen LogP contribution in [0.15, 0.2) is 42.5 Å². The first-order valence-electron chi connectivity index (χ1n) is 10.8. The molecule has 31 heavy (non-hydrogen) atoms. The van der Waals surface area contributed by atoms with Crippen LogP contribution < -0.4 is 10.1 Å². The molecule has 1 aliphatic heterocycles. The van der Waals surface area contributed by atoms with Crippen LogP contribution in [0.4, 0.5) is 5.69 Å². The predicted molar refractivity (Wildman–Crippen MR) is 124 cm³/mol. The summed E-state index contributed by atoms with van der Waals surface area (Å²) in [6, 6.07) is 12.8. The third-order valence-corrected chi connectivity index (χ3v) is 7.23. The van der Waals surface area contributed by atoms with Crippen molar-refractivity contribution in [3.05, 3.63) is 58.1 Å². The van der Waals surface area contributed by atoms with E-state index in [1.54, 1.807) is 25.3 Å². The zero-order chi connectivity index (χ0) is 22.0. The summed E-state index contributed by atoms with van der Waals surface area (Å²) in [5.41, 5.74) is 0.861. The molecule has 5 nitrogen and oxygen atoms in total. The lowest BCUT2D eigenvalue weighted by Crippen LogP contribution is -2.56. The Morgan fingerprint density at radius 1 is 1.23 bits per heavy atom. The van der Waals surface area contributed by atoms with Gasteiger partial charge in [-0.25, -0.2) is 0 Å². The van der Waals surface area contributed by atoms with E-state index in [-0.39, 0.29) is 24.4 Å². The molecule has 2 N–H and O–H groups in total. The minimum atomic E-state index is -0.698. The van der Waals surface area contributed by atoms with E-state index in [9.17, 15) is 9.90 Å². The molecule has 0 aromatic heterocycles. The molecule has 1 aliphatic carbocycles. The number of likely N-dealkylation sites (tertiary alicyclic amines) is 1. The maximum Gasteiger partial charge on any atom is 0.238 e. The number of methoxy groups -OCH3 is 1. The summed E-state index contributed by atoms with van der Waals surface area (Å²) in [7, 11) is 1.66. The predicted octanol–water partition coefficient (Wildman–Crippen LogP) is 5.31. The number of fused-ring (bicyclic) bond motifs is 1. The van der Waals surface area contributed by atoms with Gasteiger partial charge in [-0.3, -0.25) is 9.69 Å². The fourth-order valence-corrected chi connectivity index (χ4v) is 5.66. The number of amides is 1. The summed E-state index contributed by atoms with van der Waals surface area (Å²) in [4.78, 5) is 15.1. The SMILES string of the molecule is COc1ccccc1C1C2CCCCC2(O)CCN1CC(=O)Nc1ccc(Cl)cc1Cl. The lowest BCUT2D eigenvalue weighted by molar-refractivity contribution is -0.135. The number of nitrogens with zero attached hydrogens (tertiary/aromatic N) is 1. The normalized spacial score (nSPS) is 26.2. The molecule has 1 saturated carbocycles. The van der Waals surface area contributed by atoms with Gasteiger partial charge in [0, 0.05) is 29.1 Å². The lowest BCUT2D eigenvalue weighted by atomic mass is 9.66. The van der Waals surface area contributed by atoms with Crippen molar-refractivity contribution in [3.63, 3.8) is 0 Å². The van der Waals surface area contributed by atoms with Crippen molar-refractivity contribution in [1.82, 2.24) is 4.90 Å². The Labute approximate surface area is 193 Å². The van der Waals surface area contributed by atoms with Crippen LogP contribution in [0.5, 0.6) is 5.75 Å². The summed E-state index contributed by atoms with van der Waals surface area (Å²) >= 11 is 12.2. The number of piperidine rings is 1. The van der Waals surface area contributed by atoms with E-state index in [4.69, 9.17) is 27.9 Å². The number of carbonyl (C=O) groups is 1. The molecule has 3 atom stereocenters. The summed E-state index contributed by atoms with van der Waals surface area (Å²) in [6.45, 7) is 0.839. The Balaban J connectivity index is 1.61. The highest BCUT2D eigenvalue weighted by molar-refractivity contribution is 6.36. The number of nitrogens with one attached hydrogen (secondary N) is 1. The average molecular weight is 463 g/mol. The molecule has 2 fully saturated rings. The van der Waals surface area contributed by atoms with Crippen LogP contribution in [-0.4, -0.2) is 41.7 Å². The lowest BCUT2D eigenvalue weighted by Gasteiger charge is -2.52. The zero-order valence-electron chi connectivity index (χ0n) is 17.6. The maximum absolute atomic E-state index is 13.0. The van der Waals surface area contributed by atoms with Crippen LogP contribution in [-0.2, 0) is 4.79 Å². The molecule has 1 saturated heterocycles. The van der Waals surface area contributed by atoms with E-state index in [0.717, 1.165) is 37.0 Å². The highest BCUT2D eigenvalue weighted by Crippen LogP contribution is 2.50. The minimum absolute atomic E-state index is 0.0539. The quantitative estimate of drug-likeness (QED) is 0.631. The van der Waals surface area contributed by atoms with Gasteiger partial charge in [0.15, 0.2) is 0 Å². The van der Waals surface area contributed by atoms with Gasteiger partial charge in [0.05, 0.1) is 30.0 Å². The first kappa shape index (κ1) is 22.4. The third-order valence-electron chi connectivity index (χ3n) is 6.68.